The minimum Gasteiger partial charge on any atom is -0.454 e. The predicted molar refractivity (Wildman–Crippen MR) is 84.9 cm³/mol. The number of hydrogen-bond donors (Lipinski definition) is 2. The number of aryl methyl sites for hydroxylation is 1. The zero-order valence-corrected chi connectivity index (χ0v) is 13.3. The number of anilines is 1. The van der Waals surface area contributed by atoms with Gasteiger partial charge in [-0.3, -0.25) is 0 Å². The molecule has 1 aliphatic heterocycles. The molecule has 0 atom stereocenters. The van der Waals surface area contributed by atoms with E-state index in [4.69, 9.17) is 14.2 Å². The molecule has 0 radical (unpaired) electrons. The number of benzene rings is 1. The number of rotatable bonds is 7. The van der Waals surface area contributed by atoms with Crippen molar-refractivity contribution in [2.45, 2.75) is 19.5 Å². The Kier molecular flexibility index (Phi) is 5.12. The van der Waals surface area contributed by atoms with Gasteiger partial charge in [0, 0.05) is 32.0 Å². The molecule has 0 saturated carbocycles. The monoisotopic (exact) mass is 333 g/mol. The summed E-state index contributed by atoms with van der Waals surface area (Å²) in [6.07, 6.45) is 2.49. The first-order valence-electron chi connectivity index (χ1n) is 7.56. The number of amides is 2. The maximum Gasteiger partial charge on any atom is 0.319 e. The van der Waals surface area contributed by atoms with Crippen molar-refractivity contribution in [3.05, 3.63) is 30.4 Å². The first-order chi connectivity index (χ1) is 11.8. The van der Waals surface area contributed by atoms with Crippen molar-refractivity contribution in [1.29, 1.82) is 0 Å². The van der Waals surface area contributed by atoms with Gasteiger partial charge in [-0.05, 0) is 18.6 Å². The highest BCUT2D eigenvalue weighted by Crippen LogP contribution is 2.34. The number of fused-ring (bicyclic) bond motifs is 1. The quantitative estimate of drug-likeness (QED) is 0.742. The molecule has 2 amide bonds. The summed E-state index contributed by atoms with van der Waals surface area (Å²) in [6.45, 7) is 1.88. The van der Waals surface area contributed by atoms with Gasteiger partial charge < -0.3 is 29.4 Å². The zero-order chi connectivity index (χ0) is 16.8. The highest BCUT2D eigenvalue weighted by atomic mass is 16.7. The fourth-order valence-electron chi connectivity index (χ4n) is 2.29. The molecule has 0 fully saturated rings. The Labute approximate surface area is 138 Å². The number of ether oxygens (including phenoxy) is 3. The third-order valence-corrected chi connectivity index (χ3v) is 3.48. The van der Waals surface area contributed by atoms with Crippen molar-refractivity contribution in [2.75, 3.05) is 25.8 Å². The summed E-state index contributed by atoms with van der Waals surface area (Å²) < 4.78 is 17.4. The average Bonchev–Trinajstić information content (AvgIpc) is 3.21. The lowest BCUT2D eigenvalue weighted by atomic mass is 10.3. The van der Waals surface area contributed by atoms with Gasteiger partial charge in [-0.25, -0.2) is 4.79 Å². The van der Waals surface area contributed by atoms with E-state index in [0.717, 1.165) is 13.0 Å². The molecule has 128 valence electrons. The van der Waals surface area contributed by atoms with Gasteiger partial charge in [0.2, 0.25) is 6.79 Å². The van der Waals surface area contributed by atoms with Crippen LogP contribution in [-0.2, 0) is 17.8 Å². The molecule has 0 aliphatic carbocycles. The van der Waals surface area contributed by atoms with Gasteiger partial charge >= 0.3 is 6.03 Å². The normalized spacial score (nSPS) is 12.2. The smallest absolute Gasteiger partial charge is 0.319 e. The van der Waals surface area contributed by atoms with Crippen molar-refractivity contribution < 1.29 is 19.0 Å². The van der Waals surface area contributed by atoms with E-state index < -0.39 is 0 Å². The lowest BCUT2D eigenvalue weighted by molar-refractivity contribution is 0.174. The van der Waals surface area contributed by atoms with E-state index in [1.807, 2.05) is 4.57 Å². The molecule has 1 aliphatic rings. The van der Waals surface area contributed by atoms with Crippen LogP contribution in [0.1, 0.15) is 12.2 Å². The van der Waals surface area contributed by atoms with Crippen LogP contribution in [0.3, 0.4) is 0 Å². The molecule has 2 N–H and O–H groups in total. The number of hydrogen-bond acceptors (Lipinski definition) is 6. The molecule has 0 bridgehead atoms. The SMILES string of the molecule is COCCCn1cnnc1CNC(=O)Nc1ccc2c(c1)OCO2. The first-order valence-corrected chi connectivity index (χ1v) is 7.56. The molecule has 24 heavy (non-hydrogen) atoms. The van der Waals surface area contributed by atoms with Crippen LogP contribution in [0, 0.1) is 0 Å². The summed E-state index contributed by atoms with van der Waals surface area (Å²) in [6, 6.07) is 4.89. The van der Waals surface area contributed by atoms with Crippen LogP contribution in [-0.4, -0.2) is 41.3 Å². The molecule has 0 saturated heterocycles. The van der Waals surface area contributed by atoms with Crippen molar-refractivity contribution >= 4 is 11.7 Å². The van der Waals surface area contributed by atoms with Gasteiger partial charge in [-0.15, -0.1) is 10.2 Å². The summed E-state index contributed by atoms with van der Waals surface area (Å²) in [4.78, 5) is 12.0. The van der Waals surface area contributed by atoms with Crippen LogP contribution >= 0.6 is 0 Å². The Hall–Kier alpha value is -2.81. The topological polar surface area (TPSA) is 99.5 Å². The Bertz CT molecular complexity index is 703. The maximum absolute atomic E-state index is 12.0. The van der Waals surface area contributed by atoms with Crippen molar-refractivity contribution in [2.24, 2.45) is 0 Å². The van der Waals surface area contributed by atoms with Crippen LogP contribution in [0.25, 0.3) is 0 Å². The number of carbonyl (C=O) groups excluding carboxylic acids is 1. The van der Waals surface area contributed by atoms with Crippen LogP contribution < -0.4 is 20.1 Å². The molecule has 2 aromatic rings. The second kappa shape index (κ2) is 7.64. The van der Waals surface area contributed by atoms with E-state index in [-0.39, 0.29) is 19.4 Å². The number of nitrogens with zero attached hydrogens (tertiary/aromatic N) is 3. The molecule has 0 spiro atoms. The fourth-order valence-corrected chi connectivity index (χ4v) is 2.29. The molecule has 9 nitrogen and oxygen atoms in total. The van der Waals surface area contributed by atoms with Crippen molar-refractivity contribution in [3.8, 4) is 11.5 Å². The first kappa shape index (κ1) is 16.1. The van der Waals surface area contributed by atoms with E-state index in [1.54, 1.807) is 31.6 Å². The summed E-state index contributed by atoms with van der Waals surface area (Å²) in [5.74, 6) is 1.97. The standard InChI is InChI=1S/C15H19N5O4/c1-22-6-2-5-20-9-17-19-14(20)8-16-15(21)18-11-3-4-12-13(7-11)24-10-23-12/h3-4,7,9H,2,5-6,8,10H2,1H3,(H2,16,18,21). The summed E-state index contributed by atoms with van der Waals surface area (Å²) in [5.41, 5.74) is 0.623. The van der Waals surface area contributed by atoms with E-state index in [0.29, 0.717) is 29.6 Å². The number of carbonyl (C=O) groups is 1. The molecule has 9 heteroatoms. The highest BCUT2D eigenvalue weighted by Gasteiger charge is 2.14. The second-order valence-corrected chi connectivity index (χ2v) is 5.16. The lowest BCUT2D eigenvalue weighted by Gasteiger charge is -2.09. The summed E-state index contributed by atoms with van der Waals surface area (Å²) in [7, 11) is 1.66. The Balaban J connectivity index is 1.50. The van der Waals surface area contributed by atoms with Crippen molar-refractivity contribution in [3.63, 3.8) is 0 Å². The summed E-state index contributed by atoms with van der Waals surface area (Å²) in [5, 5.41) is 13.4. The molecular weight excluding hydrogens is 314 g/mol. The van der Waals surface area contributed by atoms with Gasteiger partial charge in [0.1, 0.15) is 6.33 Å². The minimum atomic E-state index is -0.333. The Morgan fingerprint density at radius 3 is 3.12 bits per heavy atom. The van der Waals surface area contributed by atoms with Crippen LogP contribution in [0.4, 0.5) is 10.5 Å². The van der Waals surface area contributed by atoms with E-state index in [9.17, 15) is 4.79 Å². The van der Waals surface area contributed by atoms with E-state index >= 15 is 0 Å². The molecule has 3 rings (SSSR count). The molecule has 1 aromatic heterocycles. The van der Waals surface area contributed by atoms with Gasteiger partial charge in [0.05, 0.1) is 6.54 Å². The number of urea groups is 1. The second-order valence-electron chi connectivity index (χ2n) is 5.16. The van der Waals surface area contributed by atoms with Crippen LogP contribution in [0.5, 0.6) is 11.5 Å². The number of aromatic nitrogens is 3. The van der Waals surface area contributed by atoms with Gasteiger partial charge in [0.15, 0.2) is 17.3 Å². The van der Waals surface area contributed by atoms with Crippen LogP contribution in [0.2, 0.25) is 0 Å². The van der Waals surface area contributed by atoms with E-state index in [1.165, 1.54) is 0 Å². The zero-order valence-electron chi connectivity index (χ0n) is 13.3. The molecule has 0 unspecified atom stereocenters. The molecule has 1 aromatic carbocycles. The number of methoxy groups -OCH3 is 1. The largest absolute Gasteiger partial charge is 0.454 e. The van der Waals surface area contributed by atoms with Gasteiger partial charge in [0.25, 0.3) is 0 Å². The Morgan fingerprint density at radius 2 is 2.25 bits per heavy atom. The van der Waals surface area contributed by atoms with Gasteiger partial charge in [-0.1, -0.05) is 0 Å². The van der Waals surface area contributed by atoms with Crippen LogP contribution in [0.15, 0.2) is 24.5 Å². The predicted octanol–water partition coefficient (Wildman–Crippen LogP) is 1.36. The third-order valence-electron chi connectivity index (χ3n) is 3.48. The highest BCUT2D eigenvalue weighted by molar-refractivity contribution is 5.89. The number of nitrogens with one attached hydrogen (secondary N) is 2. The molecular formula is C15H19N5O4. The average molecular weight is 333 g/mol. The van der Waals surface area contributed by atoms with Crippen molar-refractivity contribution in [1.82, 2.24) is 20.1 Å². The fraction of sp³-hybridized carbons (Fsp3) is 0.400. The Morgan fingerprint density at radius 1 is 1.38 bits per heavy atom. The minimum absolute atomic E-state index is 0.198. The van der Waals surface area contributed by atoms with E-state index in [2.05, 4.69) is 20.8 Å². The summed E-state index contributed by atoms with van der Waals surface area (Å²) >= 11 is 0. The lowest BCUT2D eigenvalue weighted by Crippen LogP contribution is -2.29. The maximum atomic E-state index is 12.0. The molecule has 2 heterocycles. The third kappa shape index (κ3) is 3.93. The van der Waals surface area contributed by atoms with Gasteiger partial charge in [-0.2, -0.15) is 0 Å².